The molecule has 3 aromatic rings. The van der Waals surface area contributed by atoms with Crippen LogP contribution in [0.25, 0.3) is 22.2 Å². The molecule has 28 heavy (non-hydrogen) atoms. The molecule has 0 fully saturated rings. The molecule has 146 valence electrons. The van der Waals surface area contributed by atoms with Crippen molar-refractivity contribution in [2.45, 2.75) is 39.0 Å². The van der Waals surface area contributed by atoms with Crippen molar-refractivity contribution >= 4 is 40.0 Å². The SMILES string of the molecule is CCCCCCCNC(=O)c1cc(-c2ccc(Cl)c(Cl)c2)nc2ccccc12. The van der Waals surface area contributed by atoms with Gasteiger partial charge in [0.05, 0.1) is 26.8 Å². The minimum atomic E-state index is -0.0737. The van der Waals surface area contributed by atoms with Crippen LogP contribution in [0.3, 0.4) is 0 Å². The number of amides is 1. The molecule has 0 spiro atoms. The fraction of sp³-hybridized carbons (Fsp3) is 0.304. The third-order valence-corrected chi connectivity index (χ3v) is 5.48. The Morgan fingerprint density at radius 3 is 2.54 bits per heavy atom. The van der Waals surface area contributed by atoms with Crippen LogP contribution in [0.2, 0.25) is 10.0 Å². The van der Waals surface area contributed by atoms with Gasteiger partial charge in [-0.15, -0.1) is 0 Å². The van der Waals surface area contributed by atoms with Crippen LogP contribution in [0, 0.1) is 0 Å². The van der Waals surface area contributed by atoms with E-state index in [0.29, 0.717) is 27.8 Å². The number of hydrogen-bond donors (Lipinski definition) is 1. The standard InChI is InChI=1S/C23H24Cl2N2O/c1-2-3-4-5-8-13-26-23(28)18-15-22(16-11-12-19(24)20(25)14-16)27-21-10-7-6-9-17(18)21/h6-7,9-12,14-15H,2-5,8,13H2,1H3,(H,26,28). The number of pyridine rings is 1. The number of para-hydroxylation sites is 1. The predicted octanol–water partition coefficient (Wildman–Crippen LogP) is 6.91. The zero-order chi connectivity index (χ0) is 19.9. The van der Waals surface area contributed by atoms with Crippen molar-refractivity contribution in [3.63, 3.8) is 0 Å². The average Bonchev–Trinajstić information content (AvgIpc) is 2.71. The van der Waals surface area contributed by atoms with Gasteiger partial charge in [-0.3, -0.25) is 4.79 Å². The van der Waals surface area contributed by atoms with E-state index in [2.05, 4.69) is 12.2 Å². The summed E-state index contributed by atoms with van der Waals surface area (Å²) in [5.74, 6) is -0.0737. The van der Waals surface area contributed by atoms with Gasteiger partial charge in [-0.05, 0) is 30.7 Å². The molecule has 1 N–H and O–H groups in total. The Hall–Kier alpha value is -2.10. The van der Waals surface area contributed by atoms with E-state index >= 15 is 0 Å². The van der Waals surface area contributed by atoms with E-state index in [0.717, 1.165) is 29.3 Å². The summed E-state index contributed by atoms with van der Waals surface area (Å²) >= 11 is 12.2. The van der Waals surface area contributed by atoms with Crippen LogP contribution in [-0.4, -0.2) is 17.4 Å². The summed E-state index contributed by atoms with van der Waals surface area (Å²) in [5.41, 5.74) is 2.93. The number of unbranched alkanes of at least 4 members (excludes halogenated alkanes) is 4. The monoisotopic (exact) mass is 414 g/mol. The van der Waals surface area contributed by atoms with Crippen LogP contribution >= 0.6 is 23.2 Å². The maximum Gasteiger partial charge on any atom is 0.252 e. The summed E-state index contributed by atoms with van der Waals surface area (Å²) in [6.07, 6.45) is 5.81. The highest BCUT2D eigenvalue weighted by atomic mass is 35.5. The van der Waals surface area contributed by atoms with Gasteiger partial charge in [0.1, 0.15) is 0 Å². The van der Waals surface area contributed by atoms with Crippen molar-refractivity contribution in [2.75, 3.05) is 6.54 Å². The minimum Gasteiger partial charge on any atom is -0.352 e. The van der Waals surface area contributed by atoms with Gasteiger partial charge in [0.2, 0.25) is 0 Å². The normalized spacial score (nSPS) is 11.0. The maximum absolute atomic E-state index is 12.9. The van der Waals surface area contributed by atoms with Crippen LogP contribution in [0.5, 0.6) is 0 Å². The summed E-state index contributed by atoms with van der Waals surface area (Å²) in [5, 5.41) is 4.85. The smallest absolute Gasteiger partial charge is 0.252 e. The Balaban J connectivity index is 1.86. The Bertz CT molecular complexity index is 972. The first kappa shape index (κ1) is 20.6. The van der Waals surface area contributed by atoms with Crippen molar-refractivity contribution in [3.05, 3.63) is 64.1 Å². The minimum absolute atomic E-state index is 0.0737. The molecule has 0 atom stereocenters. The summed E-state index contributed by atoms with van der Waals surface area (Å²) in [4.78, 5) is 17.6. The Kier molecular flexibility index (Phi) is 7.30. The van der Waals surface area contributed by atoms with Crippen molar-refractivity contribution in [1.29, 1.82) is 0 Å². The highest BCUT2D eigenvalue weighted by Crippen LogP contribution is 2.30. The number of benzene rings is 2. The molecule has 3 nitrogen and oxygen atoms in total. The topological polar surface area (TPSA) is 42.0 Å². The second-order valence-electron chi connectivity index (χ2n) is 6.87. The van der Waals surface area contributed by atoms with E-state index < -0.39 is 0 Å². The lowest BCUT2D eigenvalue weighted by Gasteiger charge is -2.11. The highest BCUT2D eigenvalue weighted by molar-refractivity contribution is 6.42. The molecule has 0 aliphatic carbocycles. The molecule has 1 aromatic heterocycles. The van der Waals surface area contributed by atoms with Crippen molar-refractivity contribution in [2.24, 2.45) is 0 Å². The number of rotatable bonds is 8. The van der Waals surface area contributed by atoms with Crippen LogP contribution in [0.1, 0.15) is 49.4 Å². The number of aromatic nitrogens is 1. The largest absolute Gasteiger partial charge is 0.352 e. The van der Waals surface area contributed by atoms with Gasteiger partial charge >= 0.3 is 0 Å². The molecule has 2 aromatic carbocycles. The Morgan fingerprint density at radius 1 is 0.964 bits per heavy atom. The Labute approximate surface area is 176 Å². The molecule has 3 rings (SSSR count). The second-order valence-corrected chi connectivity index (χ2v) is 7.69. The summed E-state index contributed by atoms with van der Waals surface area (Å²) in [6.45, 7) is 2.88. The number of halogens is 2. The van der Waals surface area contributed by atoms with Gasteiger partial charge in [-0.2, -0.15) is 0 Å². The number of nitrogens with one attached hydrogen (secondary N) is 1. The quantitative estimate of drug-likeness (QED) is 0.406. The van der Waals surface area contributed by atoms with Crippen LogP contribution < -0.4 is 5.32 Å². The molecule has 0 radical (unpaired) electrons. The zero-order valence-corrected chi connectivity index (χ0v) is 17.5. The molecule has 5 heteroatoms. The molecule has 0 unspecified atom stereocenters. The first-order valence-corrected chi connectivity index (χ1v) is 10.5. The van der Waals surface area contributed by atoms with Gasteiger partial charge in [-0.1, -0.05) is 80.1 Å². The number of hydrogen-bond acceptors (Lipinski definition) is 2. The lowest BCUT2D eigenvalue weighted by Crippen LogP contribution is -2.24. The van der Waals surface area contributed by atoms with Gasteiger partial charge in [-0.25, -0.2) is 4.98 Å². The van der Waals surface area contributed by atoms with E-state index in [9.17, 15) is 4.79 Å². The lowest BCUT2D eigenvalue weighted by atomic mass is 10.0. The number of carbonyl (C=O) groups excluding carboxylic acids is 1. The van der Waals surface area contributed by atoms with E-state index in [1.54, 1.807) is 12.1 Å². The van der Waals surface area contributed by atoms with E-state index in [1.165, 1.54) is 19.3 Å². The van der Waals surface area contributed by atoms with Gasteiger partial charge < -0.3 is 5.32 Å². The van der Waals surface area contributed by atoms with Gasteiger partial charge in [0.25, 0.3) is 5.91 Å². The second kappa shape index (κ2) is 9.90. The highest BCUT2D eigenvalue weighted by Gasteiger charge is 2.14. The predicted molar refractivity (Wildman–Crippen MR) is 118 cm³/mol. The molecule has 0 aliphatic rings. The van der Waals surface area contributed by atoms with E-state index in [4.69, 9.17) is 28.2 Å². The zero-order valence-electron chi connectivity index (χ0n) is 16.0. The lowest BCUT2D eigenvalue weighted by molar-refractivity contribution is 0.0954. The molecule has 0 aliphatic heterocycles. The van der Waals surface area contributed by atoms with Crippen molar-refractivity contribution in [1.82, 2.24) is 10.3 Å². The fourth-order valence-corrected chi connectivity index (χ4v) is 3.49. The summed E-state index contributed by atoms with van der Waals surface area (Å²) < 4.78 is 0. The van der Waals surface area contributed by atoms with E-state index in [1.807, 2.05) is 36.4 Å². The summed E-state index contributed by atoms with van der Waals surface area (Å²) in [6, 6.07) is 14.9. The van der Waals surface area contributed by atoms with Crippen molar-refractivity contribution in [3.8, 4) is 11.3 Å². The molecule has 0 saturated heterocycles. The summed E-state index contributed by atoms with van der Waals surface area (Å²) in [7, 11) is 0. The van der Waals surface area contributed by atoms with E-state index in [-0.39, 0.29) is 5.91 Å². The molecular weight excluding hydrogens is 391 g/mol. The first-order chi connectivity index (χ1) is 13.6. The third-order valence-electron chi connectivity index (χ3n) is 4.74. The van der Waals surface area contributed by atoms with Crippen LogP contribution in [0.4, 0.5) is 0 Å². The number of carbonyl (C=O) groups is 1. The number of nitrogens with zero attached hydrogens (tertiary/aromatic N) is 1. The van der Waals surface area contributed by atoms with Crippen molar-refractivity contribution < 1.29 is 4.79 Å². The number of fused-ring (bicyclic) bond motifs is 1. The molecule has 1 heterocycles. The fourth-order valence-electron chi connectivity index (χ4n) is 3.19. The van der Waals surface area contributed by atoms with Gasteiger partial charge in [0.15, 0.2) is 0 Å². The molecular formula is C23H24Cl2N2O. The third kappa shape index (κ3) is 5.03. The first-order valence-electron chi connectivity index (χ1n) is 9.73. The average molecular weight is 415 g/mol. The maximum atomic E-state index is 12.9. The van der Waals surface area contributed by atoms with Gasteiger partial charge in [0, 0.05) is 17.5 Å². The van der Waals surface area contributed by atoms with Crippen LogP contribution in [0.15, 0.2) is 48.5 Å². The van der Waals surface area contributed by atoms with Crippen LogP contribution in [-0.2, 0) is 0 Å². The Morgan fingerprint density at radius 2 is 1.75 bits per heavy atom. The molecule has 1 amide bonds. The molecule has 0 bridgehead atoms. The molecule has 0 saturated carbocycles.